The number of anilines is 1. The average Bonchev–Trinajstić information content (AvgIpc) is 3.50. The third-order valence-corrected chi connectivity index (χ3v) is 7.02. The first-order chi connectivity index (χ1) is 16.7. The first-order valence-electron chi connectivity index (χ1n) is 11.3. The molecule has 1 saturated heterocycles. The molecule has 3 heterocycles. The van der Waals surface area contributed by atoms with Crippen LogP contribution in [0.25, 0.3) is 21.2 Å². The van der Waals surface area contributed by atoms with Gasteiger partial charge in [-0.15, -0.1) is 0 Å². The fourth-order valence-corrected chi connectivity index (χ4v) is 5.10. The molecule has 1 aliphatic rings. The molecule has 5 rings (SSSR count). The number of amides is 1. The van der Waals surface area contributed by atoms with Gasteiger partial charge in [0.05, 0.1) is 37.6 Å². The SMILES string of the molecule is COc1ccc2sc(N(CCCN3CCOCC3)C(=O)c3cc4cccc(OC)c4o3)nc2c1. The van der Waals surface area contributed by atoms with E-state index < -0.39 is 0 Å². The molecule has 9 heteroatoms. The largest absolute Gasteiger partial charge is 0.497 e. The summed E-state index contributed by atoms with van der Waals surface area (Å²) >= 11 is 1.49. The van der Waals surface area contributed by atoms with Crippen LogP contribution in [0.2, 0.25) is 0 Å². The number of hydrogen-bond donors (Lipinski definition) is 0. The Balaban J connectivity index is 1.45. The van der Waals surface area contributed by atoms with Crippen molar-refractivity contribution in [2.45, 2.75) is 6.42 Å². The summed E-state index contributed by atoms with van der Waals surface area (Å²) in [6.07, 6.45) is 0.814. The zero-order valence-corrected chi connectivity index (χ0v) is 20.1. The molecular weight excluding hydrogens is 454 g/mol. The smallest absolute Gasteiger partial charge is 0.295 e. The molecule has 1 aliphatic heterocycles. The molecule has 4 aromatic rings. The first-order valence-corrected chi connectivity index (χ1v) is 12.1. The van der Waals surface area contributed by atoms with Crippen molar-refractivity contribution in [3.8, 4) is 11.5 Å². The number of rotatable bonds is 8. The zero-order chi connectivity index (χ0) is 23.5. The summed E-state index contributed by atoms with van der Waals surface area (Å²) in [4.78, 5) is 22.5. The number of carbonyl (C=O) groups is 1. The number of nitrogens with zero attached hydrogens (tertiary/aromatic N) is 3. The Morgan fingerprint density at radius 1 is 1.15 bits per heavy atom. The Morgan fingerprint density at radius 2 is 2.00 bits per heavy atom. The summed E-state index contributed by atoms with van der Waals surface area (Å²) in [5.74, 6) is 1.38. The van der Waals surface area contributed by atoms with E-state index in [1.807, 2.05) is 36.4 Å². The lowest BCUT2D eigenvalue weighted by atomic mass is 10.2. The van der Waals surface area contributed by atoms with Gasteiger partial charge in [-0.05, 0) is 30.7 Å². The van der Waals surface area contributed by atoms with Gasteiger partial charge in [0.2, 0.25) is 0 Å². The number of morpholine rings is 1. The summed E-state index contributed by atoms with van der Waals surface area (Å²) in [5, 5.41) is 1.47. The minimum Gasteiger partial charge on any atom is -0.497 e. The number of hydrogen-bond acceptors (Lipinski definition) is 8. The van der Waals surface area contributed by atoms with Crippen LogP contribution in [0.4, 0.5) is 5.13 Å². The fourth-order valence-electron chi connectivity index (χ4n) is 4.13. The maximum Gasteiger partial charge on any atom is 0.295 e. The van der Waals surface area contributed by atoms with Crippen molar-refractivity contribution in [1.29, 1.82) is 0 Å². The van der Waals surface area contributed by atoms with Crippen molar-refractivity contribution >= 4 is 43.6 Å². The monoisotopic (exact) mass is 481 g/mol. The third-order valence-electron chi connectivity index (χ3n) is 5.96. The summed E-state index contributed by atoms with van der Waals surface area (Å²) in [7, 11) is 3.22. The zero-order valence-electron chi connectivity index (χ0n) is 19.3. The van der Waals surface area contributed by atoms with Gasteiger partial charge in [0.15, 0.2) is 22.2 Å². The van der Waals surface area contributed by atoms with Crippen LogP contribution in [-0.4, -0.2) is 69.4 Å². The lowest BCUT2D eigenvalue weighted by Gasteiger charge is -2.27. The summed E-state index contributed by atoms with van der Waals surface area (Å²) in [6, 6.07) is 13.1. The van der Waals surface area contributed by atoms with E-state index in [-0.39, 0.29) is 11.7 Å². The highest BCUT2D eigenvalue weighted by molar-refractivity contribution is 7.22. The molecule has 0 saturated carbocycles. The molecule has 0 spiro atoms. The highest BCUT2D eigenvalue weighted by Crippen LogP contribution is 2.34. The highest BCUT2D eigenvalue weighted by Gasteiger charge is 2.25. The molecule has 0 N–H and O–H groups in total. The van der Waals surface area contributed by atoms with Crippen molar-refractivity contribution in [3.63, 3.8) is 0 Å². The van der Waals surface area contributed by atoms with Crippen LogP contribution >= 0.6 is 11.3 Å². The van der Waals surface area contributed by atoms with E-state index in [4.69, 9.17) is 23.6 Å². The first kappa shape index (κ1) is 22.6. The number of para-hydroxylation sites is 1. The molecule has 1 amide bonds. The number of benzene rings is 2. The van der Waals surface area contributed by atoms with Gasteiger partial charge in [-0.2, -0.15) is 0 Å². The number of methoxy groups -OCH3 is 2. The summed E-state index contributed by atoms with van der Waals surface area (Å²) in [5.41, 5.74) is 1.37. The van der Waals surface area contributed by atoms with Crippen LogP contribution in [-0.2, 0) is 4.74 Å². The summed E-state index contributed by atoms with van der Waals surface area (Å²) < 4.78 is 23.2. The van der Waals surface area contributed by atoms with E-state index in [0.29, 0.717) is 23.0 Å². The molecule has 2 aromatic heterocycles. The summed E-state index contributed by atoms with van der Waals surface area (Å²) in [6.45, 7) is 4.75. The Kier molecular flexibility index (Phi) is 6.66. The van der Waals surface area contributed by atoms with Crippen molar-refractivity contribution in [2.24, 2.45) is 0 Å². The van der Waals surface area contributed by atoms with Gasteiger partial charge in [0, 0.05) is 37.6 Å². The normalized spacial score (nSPS) is 14.5. The predicted octanol–water partition coefficient (Wildman–Crippen LogP) is 4.43. The second-order valence-corrected chi connectivity index (χ2v) is 9.09. The topological polar surface area (TPSA) is 77.3 Å². The van der Waals surface area contributed by atoms with Gasteiger partial charge in [0.1, 0.15) is 5.75 Å². The fraction of sp³-hybridized carbons (Fsp3) is 0.360. The van der Waals surface area contributed by atoms with E-state index in [0.717, 1.165) is 60.6 Å². The molecule has 0 aliphatic carbocycles. The minimum absolute atomic E-state index is 0.216. The van der Waals surface area contributed by atoms with Crippen LogP contribution in [0.15, 0.2) is 46.9 Å². The molecule has 8 nitrogen and oxygen atoms in total. The Bertz CT molecular complexity index is 1290. The Morgan fingerprint density at radius 3 is 2.79 bits per heavy atom. The quantitative estimate of drug-likeness (QED) is 0.368. The van der Waals surface area contributed by atoms with Gasteiger partial charge < -0.3 is 18.6 Å². The van der Waals surface area contributed by atoms with Gasteiger partial charge >= 0.3 is 0 Å². The van der Waals surface area contributed by atoms with Gasteiger partial charge in [-0.3, -0.25) is 14.6 Å². The molecule has 1 fully saturated rings. The van der Waals surface area contributed by atoms with E-state index in [1.165, 1.54) is 11.3 Å². The maximum absolute atomic E-state index is 13.7. The number of ether oxygens (including phenoxy) is 3. The Labute approximate surface area is 201 Å². The second-order valence-electron chi connectivity index (χ2n) is 8.08. The van der Waals surface area contributed by atoms with Crippen LogP contribution in [0, 0.1) is 0 Å². The second kappa shape index (κ2) is 10.0. The lowest BCUT2D eigenvalue weighted by molar-refractivity contribution is 0.0376. The number of thiazole rings is 1. The van der Waals surface area contributed by atoms with Crippen LogP contribution < -0.4 is 14.4 Å². The third kappa shape index (κ3) is 4.59. The van der Waals surface area contributed by atoms with Crippen LogP contribution in [0.5, 0.6) is 11.5 Å². The van der Waals surface area contributed by atoms with Crippen molar-refractivity contribution in [2.75, 3.05) is 58.5 Å². The molecule has 34 heavy (non-hydrogen) atoms. The van der Waals surface area contributed by atoms with E-state index in [1.54, 1.807) is 25.2 Å². The molecule has 178 valence electrons. The number of carbonyl (C=O) groups excluding carboxylic acids is 1. The molecule has 0 atom stereocenters. The number of furan rings is 1. The van der Waals surface area contributed by atoms with Crippen molar-refractivity contribution in [3.05, 3.63) is 48.2 Å². The maximum atomic E-state index is 13.7. The van der Waals surface area contributed by atoms with Crippen LogP contribution in [0.3, 0.4) is 0 Å². The molecule has 0 bridgehead atoms. The lowest BCUT2D eigenvalue weighted by Crippen LogP contribution is -2.39. The van der Waals surface area contributed by atoms with Gasteiger partial charge in [-0.1, -0.05) is 23.5 Å². The molecule has 0 unspecified atom stereocenters. The predicted molar refractivity (Wildman–Crippen MR) is 132 cm³/mol. The number of fused-ring (bicyclic) bond motifs is 2. The van der Waals surface area contributed by atoms with E-state index in [9.17, 15) is 4.79 Å². The molecular formula is C25H27N3O5S. The number of aromatic nitrogens is 1. The Hall–Kier alpha value is -3.14. The molecule has 2 aromatic carbocycles. The van der Waals surface area contributed by atoms with Gasteiger partial charge in [-0.25, -0.2) is 4.98 Å². The average molecular weight is 482 g/mol. The van der Waals surface area contributed by atoms with E-state index in [2.05, 4.69) is 4.90 Å². The minimum atomic E-state index is -0.216. The van der Waals surface area contributed by atoms with Crippen molar-refractivity contribution < 1.29 is 23.4 Å². The highest BCUT2D eigenvalue weighted by atomic mass is 32.1. The molecule has 0 radical (unpaired) electrons. The van der Waals surface area contributed by atoms with E-state index >= 15 is 0 Å². The van der Waals surface area contributed by atoms with Gasteiger partial charge in [0.25, 0.3) is 5.91 Å². The van der Waals surface area contributed by atoms with Crippen LogP contribution in [0.1, 0.15) is 17.0 Å². The van der Waals surface area contributed by atoms with Crippen molar-refractivity contribution in [1.82, 2.24) is 9.88 Å². The standard InChI is InChI=1S/C25H27N3O5S/c1-30-18-7-8-22-19(16-18)26-25(34-22)28(10-4-9-27-11-13-32-14-12-27)24(29)21-15-17-5-3-6-20(31-2)23(17)33-21/h3,5-8,15-16H,4,9-14H2,1-2H3.